The first kappa shape index (κ1) is 15.0. The quantitative estimate of drug-likeness (QED) is 0.693. The van der Waals surface area contributed by atoms with Crippen molar-refractivity contribution in [1.29, 1.82) is 0 Å². The van der Waals surface area contributed by atoms with Gasteiger partial charge in [0.25, 0.3) is 0 Å². The molecule has 0 saturated carbocycles. The third-order valence-corrected chi connectivity index (χ3v) is 3.70. The van der Waals surface area contributed by atoms with Crippen LogP contribution in [0.15, 0.2) is 18.1 Å². The van der Waals surface area contributed by atoms with Crippen LogP contribution in [0.4, 0.5) is 0 Å². The number of allylic oxidation sites excluding steroid dienone is 2. The van der Waals surface area contributed by atoms with Crippen molar-refractivity contribution in [2.24, 2.45) is 5.92 Å². The Bertz CT molecular complexity index is 422. The monoisotopic (exact) mass is 248 g/mol. The van der Waals surface area contributed by atoms with E-state index in [-0.39, 0.29) is 5.41 Å². The Morgan fingerprint density at radius 1 is 1.28 bits per heavy atom. The standard InChI is InChI=1S/C14H22N2.C2H6/c1-10(2)13-11(3)6-7-14(4,5)12-8-15-9-16(12)13;1-2/h8-10H,6-7H2,1-5H3;1-2H3. The number of fused-ring (bicyclic) bond motifs is 1. The first-order chi connectivity index (χ1) is 8.43. The topological polar surface area (TPSA) is 17.8 Å². The molecular weight excluding hydrogens is 220 g/mol. The van der Waals surface area contributed by atoms with E-state index in [2.05, 4.69) is 44.2 Å². The zero-order valence-electron chi connectivity index (χ0n) is 13.0. The van der Waals surface area contributed by atoms with Crippen LogP contribution in [0.2, 0.25) is 0 Å². The van der Waals surface area contributed by atoms with Crippen molar-refractivity contribution in [3.05, 3.63) is 23.8 Å². The molecule has 0 spiro atoms. The molecule has 0 aromatic carbocycles. The van der Waals surface area contributed by atoms with E-state index >= 15 is 0 Å². The van der Waals surface area contributed by atoms with Gasteiger partial charge in [0.05, 0.1) is 6.33 Å². The van der Waals surface area contributed by atoms with Crippen LogP contribution >= 0.6 is 0 Å². The minimum atomic E-state index is 0.231. The molecule has 2 heteroatoms. The molecule has 0 saturated heterocycles. The van der Waals surface area contributed by atoms with Crippen LogP contribution in [0.25, 0.3) is 5.70 Å². The van der Waals surface area contributed by atoms with Crippen LogP contribution in [0.1, 0.15) is 67.0 Å². The average molecular weight is 248 g/mol. The Morgan fingerprint density at radius 2 is 1.89 bits per heavy atom. The molecule has 0 N–H and O–H groups in total. The maximum atomic E-state index is 4.34. The molecule has 0 bridgehead atoms. The molecule has 2 rings (SSSR count). The van der Waals surface area contributed by atoms with Crippen molar-refractivity contribution in [2.45, 2.75) is 66.7 Å². The van der Waals surface area contributed by atoms with Gasteiger partial charge in [0.2, 0.25) is 0 Å². The summed E-state index contributed by atoms with van der Waals surface area (Å²) in [4.78, 5) is 4.34. The van der Waals surface area contributed by atoms with Gasteiger partial charge in [-0.05, 0) is 25.7 Å². The highest BCUT2D eigenvalue weighted by molar-refractivity contribution is 5.54. The number of aromatic nitrogens is 2. The fourth-order valence-corrected chi connectivity index (χ4v) is 2.72. The summed E-state index contributed by atoms with van der Waals surface area (Å²) < 4.78 is 2.31. The largest absolute Gasteiger partial charge is 0.306 e. The Kier molecular flexibility index (Phi) is 4.78. The van der Waals surface area contributed by atoms with Crippen LogP contribution < -0.4 is 0 Å². The summed E-state index contributed by atoms with van der Waals surface area (Å²) >= 11 is 0. The van der Waals surface area contributed by atoms with Gasteiger partial charge < -0.3 is 4.57 Å². The second-order valence-corrected chi connectivity index (χ2v) is 5.85. The van der Waals surface area contributed by atoms with E-state index in [0.29, 0.717) is 5.92 Å². The summed E-state index contributed by atoms with van der Waals surface area (Å²) in [6, 6.07) is 0. The lowest BCUT2D eigenvalue weighted by Gasteiger charge is -2.24. The summed E-state index contributed by atoms with van der Waals surface area (Å²) in [5.41, 5.74) is 4.54. The maximum Gasteiger partial charge on any atom is 0.0991 e. The van der Waals surface area contributed by atoms with E-state index in [0.717, 1.165) is 0 Å². The van der Waals surface area contributed by atoms with E-state index in [4.69, 9.17) is 0 Å². The lowest BCUT2D eigenvalue weighted by atomic mass is 9.84. The van der Waals surface area contributed by atoms with E-state index < -0.39 is 0 Å². The van der Waals surface area contributed by atoms with Gasteiger partial charge in [-0.15, -0.1) is 0 Å². The predicted molar refractivity (Wildman–Crippen MR) is 79.6 cm³/mol. The minimum absolute atomic E-state index is 0.231. The van der Waals surface area contributed by atoms with Crippen molar-refractivity contribution >= 4 is 5.70 Å². The highest BCUT2D eigenvalue weighted by Crippen LogP contribution is 2.37. The molecule has 0 aliphatic carbocycles. The van der Waals surface area contributed by atoms with Gasteiger partial charge >= 0.3 is 0 Å². The second-order valence-electron chi connectivity index (χ2n) is 5.85. The molecule has 2 nitrogen and oxygen atoms in total. The first-order valence-electron chi connectivity index (χ1n) is 7.16. The van der Waals surface area contributed by atoms with Gasteiger partial charge in [0, 0.05) is 23.0 Å². The van der Waals surface area contributed by atoms with Gasteiger partial charge in [0.1, 0.15) is 0 Å². The van der Waals surface area contributed by atoms with Crippen molar-refractivity contribution < 1.29 is 0 Å². The zero-order chi connectivity index (χ0) is 13.9. The van der Waals surface area contributed by atoms with Crippen molar-refractivity contribution in [1.82, 2.24) is 9.55 Å². The molecule has 18 heavy (non-hydrogen) atoms. The van der Waals surface area contributed by atoms with E-state index in [9.17, 15) is 0 Å². The summed E-state index contributed by atoms with van der Waals surface area (Å²) in [6.07, 6.45) is 6.41. The van der Waals surface area contributed by atoms with Gasteiger partial charge in [-0.25, -0.2) is 4.98 Å². The number of hydrogen-bond acceptors (Lipinski definition) is 1. The van der Waals surface area contributed by atoms with Gasteiger partial charge in [-0.2, -0.15) is 0 Å². The average Bonchev–Trinajstić information content (AvgIpc) is 2.75. The number of rotatable bonds is 1. The van der Waals surface area contributed by atoms with Crippen LogP contribution in [0.5, 0.6) is 0 Å². The molecule has 0 unspecified atom stereocenters. The highest BCUT2D eigenvalue weighted by atomic mass is 15.1. The van der Waals surface area contributed by atoms with Gasteiger partial charge in [-0.1, -0.05) is 47.1 Å². The highest BCUT2D eigenvalue weighted by Gasteiger charge is 2.29. The molecule has 2 heterocycles. The predicted octanol–water partition coefficient (Wildman–Crippen LogP) is 4.87. The van der Waals surface area contributed by atoms with Crippen LogP contribution in [-0.2, 0) is 5.41 Å². The SMILES string of the molecule is CC.CC1=C(C(C)C)n2cncc2C(C)(C)CC1. The lowest BCUT2D eigenvalue weighted by molar-refractivity contribution is 0.467. The molecule has 1 aromatic rings. The van der Waals surface area contributed by atoms with Crippen molar-refractivity contribution in [3.63, 3.8) is 0 Å². The number of hydrogen-bond donors (Lipinski definition) is 0. The summed E-state index contributed by atoms with van der Waals surface area (Å²) in [5.74, 6) is 0.557. The molecule has 0 fully saturated rings. The molecule has 0 radical (unpaired) electrons. The maximum absolute atomic E-state index is 4.34. The first-order valence-corrected chi connectivity index (χ1v) is 7.16. The summed E-state index contributed by atoms with van der Waals surface area (Å²) in [6.45, 7) is 15.4. The molecule has 1 aliphatic heterocycles. The lowest BCUT2D eigenvalue weighted by Crippen LogP contribution is -2.20. The van der Waals surface area contributed by atoms with Crippen molar-refractivity contribution in [3.8, 4) is 0 Å². The molecule has 102 valence electrons. The van der Waals surface area contributed by atoms with Crippen LogP contribution in [-0.4, -0.2) is 9.55 Å². The minimum Gasteiger partial charge on any atom is -0.306 e. The van der Waals surface area contributed by atoms with Gasteiger partial charge in [-0.3, -0.25) is 0 Å². The Balaban J connectivity index is 0.000000771. The molecule has 1 aliphatic rings. The van der Waals surface area contributed by atoms with E-state index in [1.165, 1.54) is 29.8 Å². The zero-order valence-corrected chi connectivity index (χ0v) is 13.0. The molecule has 1 aromatic heterocycles. The van der Waals surface area contributed by atoms with E-state index in [1.54, 1.807) is 0 Å². The summed E-state index contributed by atoms with van der Waals surface area (Å²) in [5, 5.41) is 0. The normalized spacial score (nSPS) is 18.0. The molecule has 0 atom stereocenters. The Morgan fingerprint density at radius 3 is 2.44 bits per heavy atom. The van der Waals surface area contributed by atoms with Crippen LogP contribution in [0, 0.1) is 5.92 Å². The summed E-state index contributed by atoms with van der Waals surface area (Å²) in [7, 11) is 0. The number of imidazole rings is 1. The van der Waals surface area contributed by atoms with Crippen LogP contribution in [0.3, 0.4) is 0 Å². The Hall–Kier alpha value is -1.05. The van der Waals surface area contributed by atoms with Crippen molar-refractivity contribution in [2.75, 3.05) is 0 Å². The fourth-order valence-electron chi connectivity index (χ4n) is 2.72. The smallest absolute Gasteiger partial charge is 0.0991 e. The van der Waals surface area contributed by atoms with E-state index in [1.807, 2.05) is 26.4 Å². The third-order valence-electron chi connectivity index (χ3n) is 3.70. The molecule has 0 amide bonds. The number of nitrogens with zero attached hydrogens (tertiary/aromatic N) is 2. The third kappa shape index (κ3) is 2.68. The second kappa shape index (κ2) is 5.73. The molecular formula is C16H28N2. The Labute approximate surface area is 112 Å². The fraction of sp³-hybridized carbons (Fsp3) is 0.688. The van der Waals surface area contributed by atoms with Gasteiger partial charge in [0.15, 0.2) is 0 Å².